The second-order valence-corrected chi connectivity index (χ2v) is 2.59. The molecule has 1 rings (SSSR count). The summed E-state index contributed by atoms with van der Waals surface area (Å²) in [5, 5.41) is 2.87. The van der Waals surface area contributed by atoms with Gasteiger partial charge in [-0.2, -0.15) is 0 Å². The molecule has 0 aromatic heterocycles. The van der Waals surface area contributed by atoms with Crippen molar-refractivity contribution in [2.24, 2.45) is 5.18 Å². The third-order valence-electron chi connectivity index (χ3n) is 1.68. The van der Waals surface area contributed by atoms with Crippen LogP contribution in [0.4, 0.5) is 11.4 Å². The highest BCUT2D eigenvalue weighted by atomic mass is 16.3. The number of nitroso groups, excluding NO2 is 1. The number of nitrogen functional groups attached to an aromatic ring is 1. The Balaban J connectivity index is 3.31. The van der Waals surface area contributed by atoms with E-state index in [9.17, 15) is 4.91 Å². The maximum absolute atomic E-state index is 10.2. The van der Waals surface area contributed by atoms with Crippen LogP contribution in [0.5, 0.6) is 0 Å². The molecule has 0 heterocycles. The number of hydrogen-bond donors (Lipinski definition) is 1. The van der Waals surface area contributed by atoms with Crippen LogP contribution in [-0.2, 0) is 0 Å². The summed E-state index contributed by atoms with van der Waals surface area (Å²) in [5.74, 6) is 0. The molecular formula is C8H10N2O. The fourth-order valence-electron chi connectivity index (χ4n) is 0.922. The number of nitrogens with zero attached hydrogens (tertiary/aromatic N) is 1. The van der Waals surface area contributed by atoms with Crippen molar-refractivity contribution in [1.29, 1.82) is 0 Å². The highest BCUT2D eigenvalue weighted by molar-refractivity contribution is 5.58. The molecule has 0 aliphatic carbocycles. The predicted molar refractivity (Wildman–Crippen MR) is 45.8 cm³/mol. The Kier molecular flexibility index (Phi) is 1.89. The van der Waals surface area contributed by atoms with E-state index in [0.717, 1.165) is 11.1 Å². The molecule has 11 heavy (non-hydrogen) atoms. The van der Waals surface area contributed by atoms with Crippen molar-refractivity contribution in [1.82, 2.24) is 0 Å². The van der Waals surface area contributed by atoms with E-state index in [0.29, 0.717) is 11.4 Å². The first-order valence-corrected chi connectivity index (χ1v) is 3.35. The third kappa shape index (κ3) is 1.37. The van der Waals surface area contributed by atoms with Gasteiger partial charge in [0.15, 0.2) is 0 Å². The van der Waals surface area contributed by atoms with E-state index in [1.165, 1.54) is 0 Å². The van der Waals surface area contributed by atoms with Crippen LogP contribution in [0.1, 0.15) is 11.1 Å². The van der Waals surface area contributed by atoms with Crippen molar-refractivity contribution in [3.63, 3.8) is 0 Å². The predicted octanol–water partition coefficient (Wildman–Crippen LogP) is 2.28. The SMILES string of the molecule is Cc1cc(N=O)c(C)cc1N. The molecule has 0 bridgehead atoms. The zero-order chi connectivity index (χ0) is 8.43. The molecule has 0 aliphatic rings. The lowest BCUT2D eigenvalue weighted by atomic mass is 10.1. The van der Waals surface area contributed by atoms with Gasteiger partial charge in [0.05, 0.1) is 0 Å². The van der Waals surface area contributed by atoms with E-state index in [1.807, 2.05) is 13.8 Å². The van der Waals surface area contributed by atoms with Gasteiger partial charge >= 0.3 is 0 Å². The van der Waals surface area contributed by atoms with Crippen LogP contribution in [-0.4, -0.2) is 0 Å². The van der Waals surface area contributed by atoms with Gasteiger partial charge in [-0.3, -0.25) is 0 Å². The van der Waals surface area contributed by atoms with Crippen LogP contribution in [0.25, 0.3) is 0 Å². The summed E-state index contributed by atoms with van der Waals surface area (Å²) in [5.41, 5.74) is 8.49. The molecule has 0 radical (unpaired) electrons. The molecule has 3 nitrogen and oxygen atoms in total. The van der Waals surface area contributed by atoms with Gasteiger partial charge in [0.2, 0.25) is 0 Å². The van der Waals surface area contributed by atoms with Crippen LogP contribution in [0.2, 0.25) is 0 Å². The number of rotatable bonds is 1. The largest absolute Gasteiger partial charge is 0.399 e. The van der Waals surface area contributed by atoms with Gasteiger partial charge in [-0.1, -0.05) is 0 Å². The molecule has 0 unspecified atom stereocenters. The smallest absolute Gasteiger partial charge is 0.111 e. The van der Waals surface area contributed by atoms with E-state index in [2.05, 4.69) is 5.18 Å². The highest BCUT2D eigenvalue weighted by Crippen LogP contribution is 2.23. The minimum Gasteiger partial charge on any atom is -0.399 e. The molecule has 0 spiro atoms. The maximum Gasteiger partial charge on any atom is 0.111 e. The second kappa shape index (κ2) is 2.70. The van der Waals surface area contributed by atoms with Crippen molar-refractivity contribution < 1.29 is 0 Å². The van der Waals surface area contributed by atoms with E-state index in [1.54, 1.807) is 12.1 Å². The van der Waals surface area contributed by atoms with Crippen LogP contribution in [0.3, 0.4) is 0 Å². The quantitative estimate of drug-likeness (QED) is 0.493. The number of benzene rings is 1. The first-order valence-electron chi connectivity index (χ1n) is 3.35. The van der Waals surface area contributed by atoms with Crippen LogP contribution < -0.4 is 5.73 Å². The Morgan fingerprint density at radius 3 is 2.45 bits per heavy atom. The summed E-state index contributed by atoms with van der Waals surface area (Å²) in [4.78, 5) is 10.2. The Hall–Kier alpha value is -1.38. The first kappa shape index (κ1) is 7.72. The van der Waals surface area contributed by atoms with Crippen LogP contribution in [0.15, 0.2) is 17.3 Å². The summed E-state index contributed by atoms with van der Waals surface area (Å²) >= 11 is 0. The van der Waals surface area contributed by atoms with Crippen molar-refractivity contribution in [3.8, 4) is 0 Å². The van der Waals surface area contributed by atoms with E-state index in [-0.39, 0.29) is 0 Å². The lowest BCUT2D eigenvalue weighted by molar-refractivity contribution is 1.34. The topological polar surface area (TPSA) is 55.5 Å². The van der Waals surface area contributed by atoms with Crippen LogP contribution in [0, 0.1) is 18.8 Å². The third-order valence-corrected chi connectivity index (χ3v) is 1.68. The van der Waals surface area contributed by atoms with E-state index >= 15 is 0 Å². The Bertz CT molecular complexity index is 294. The summed E-state index contributed by atoms with van der Waals surface area (Å²) < 4.78 is 0. The fourth-order valence-corrected chi connectivity index (χ4v) is 0.922. The zero-order valence-electron chi connectivity index (χ0n) is 6.59. The molecule has 0 saturated carbocycles. The average molecular weight is 150 g/mol. The summed E-state index contributed by atoms with van der Waals surface area (Å²) in [6.45, 7) is 3.66. The fraction of sp³-hybridized carbons (Fsp3) is 0.250. The zero-order valence-corrected chi connectivity index (χ0v) is 6.59. The number of nitrogens with two attached hydrogens (primary N) is 1. The molecule has 0 fully saturated rings. The molecule has 0 atom stereocenters. The first-order chi connectivity index (χ1) is 5.15. The van der Waals surface area contributed by atoms with Gasteiger partial charge in [-0.15, -0.1) is 4.91 Å². The Morgan fingerprint density at radius 2 is 1.91 bits per heavy atom. The van der Waals surface area contributed by atoms with Crippen LogP contribution >= 0.6 is 0 Å². The molecule has 2 N–H and O–H groups in total. The van der Waals surface area contributed by atoms with Gasteiger partial charge in [0.1, 0.15) is 5.69 Å². The lowest BCUT2D eigenvalue weighted by Gasteiger charge is -2.02. The highest BCUT2D eigenvalue weighted by Gasteiger charge is 2.00. The van der Waals surface area contributed by atoms with E-state index in [4.69, 9.17) is 5.73 Å². The minimum absolute atomic E-state index is 0.469. The van der Waals surface area contributed by atoms with Gasteiger partial charge in [0, 0.05) is 5.69 Å². The number of aryl methyl sites for hydroxylation is 2. The van der Waals surface area contributed by atoms with Crippen molar-refractivity contribution in [2.75, 3.05) is 5.73 Å². The standard InChI is InChI=1S/C8H10N2O/c1-5-4-8(10-11)6(2)3-7(5)9/h3-4H,9H2,1-2H3. The molecule has 58 valence electrons. The summed E-state index contributed by atoms with van der Waals surface area (Å²) in [6, 6.07) is 3.45. The molecule has 0 amide bonds. The second-order valence-electron chi connectivity index (χ2n) is 2.59. The summed E-state index contributed by atoms with van der Waals surface area (Å²) in [7, 11) is 0. The Morgan fingerprint density at radius 1 is 1.27 bits per heavy atom. The minimum atomic E-state index is 0.469. The van der Waals surface area contributed by atoms with Crippen molar-refractivity contribution >= 4 is 11.4 Å². The lowest BCUT2D eigenvalue weighted by Crippen LogP contribution is -1.89. The molecule has 0 saturated heterocycles. The van der Waals surface area contributed by atoms with E-state index < -0.39 is 0 Å². The summed E-state index contributed by atoms with van der Waals surface area (Å²) in [6.07, 6.45) is 0. The molecular weight excluding hydrogens is 140 g/mol. The Labute approximate surface area is 65.2 Å². The molecule has 1 aromatic carbocycles. The van der Waals surface area contributed by atoms with Gasteiger partial charge < -0.3 is 5.73 Å². The normalized spacial score (nSPS) is 9.64. The molecule has 1 aromatic rings. The molecule has 0 aliphatic heterocycles. The van der Waals surface area contributed by atoms with Crippen molar-refractivity contribution in [3.05, 3.63) is 28.2 Å². The average Bonchev–Trinajstić information content (AvgIpc) is 1.97. The van der Waals surface area contributed by atoms with Gasteiger partial charge in [-0.25, -0.2) is 0 Å². The number of anilines is 1. The number of hydrogen-bond acceptors (Lipinski definition) is 3. The van der Waals surface area contributed by atoms with Gasteiger partial charge in [0.25, 0.3) is 0 Å². The van der Waals surface area contributed by atoms with Crippen molar-refractivity contribution in [2.45, 2.75) is 13.8 Å². The monoisotopic (exact) mass is 150 g/mol. The molecule has 3 heteroatoms. The van der Waals surface area contributed by atoms with Gasteiger partial charge in [-0.05, 0) is 42.3 Å². The maximum atomic E-state index is 10.2.